The Morgan fingerprint density at radius 3 is 2.50 bits per heavy atom. The van der Waals surface area contributed by atoms with Crippen LogP contribution >= 0.6 is 0 Å². The molecule has 0 aliphatic carbocycles. The summed E-state index contributed by atoms with van der Waals surface area (Å²) in [5.74, 6) is 6.48. The highest BCUT2D eigenvalue weighted by atomic mass is 16.1. The van der Waals surface area contributed by atoms with Gasteiger partial charge in [-0.3, -0.25) is 5.01 Å². The summed E-state index contributed by atoms with van der Waals surface area (Å²) in [6.07, 6.45) is 0. The van der Waals surface area contributed by atoms with E-state index in [1.807, 2.05) is 37.3 Å². The number of nitrogens with zero attached hydrogens (tertiary/aromatic N) is 4. The Bertz CT molecular complexity index is 593. The van der Waals surface area contributed by atoms with Gasteiger partial charge in [-0.15, -0.1) is 0 Å². The van der Waals surface area contributed by atoms with Crippen LogP contribution in [0.1, 0.15) is 12.7 Å². The third-order valence-corrected chi connectivity index (χ3v) is 2.58. The molecule has 0 amide bonds. The van der Waals surface area contributed by atoms with Crippen LogP contribution in [-0.4, -0.2) is 21.1 Å². The molecule has 0 fully saturated rings. The first-order chi connectivity index (χ1) is 8.63. The molecule has 1 heterocycles. The summed E-state index contributed by atoms with van der Waals surface area (Å²) in [4.78, 5) is 20.1. The van der Waals surface area contributed by atoms with Gasteiger partial charge in [-0.25, -0.2) is 15.2 Å². The van der Waals surface area contributed by atoms with Crippen LogP contribution < -0.4 is 16.5 Å². The molecule has 0 aliphatic rings. The summed E-state index contributed by atoms with van der Waals surface area (Å²) in [5.41, 5.74) is 0.360. The molecule has 2 aromatic rings. The van der Waals surface area contributed by atoms with E-state index in [9.17, 15) is 4.79 Å². The van der Waals surface area contributed by atoms with E-state index >= 15 is 0 Å². The van der Waals surface area contributed by atoms with E-state index in [0.717, 1.165) is 5.69 Å². The second-order valence-electron chi connectivity index (χ2n) is 3.81. The van der Waals surface area contributed by atoms with E-state index in [2.05, 4.69) is 9.97 Å². The van der Waals surface area contributed by atoms with Crippen LogP contribution in [0.15, 0.2) is 35.1 Å². The Hall–Kier alpha value is -2.21. The quantitative estimate of drug-likeness (QED) is 0.634. The number of para-hydroxylation sites is 1. The van der Waals surface area contributed by atoms with E-state index in [4.69, 9.17) is 5.84 Å². The highest BCUT2D eigenvalue weighted by Gasteiger charge is 2.10. The molecule has 2 rings (SSSR count). The average Bonchev–Trinajstić information content (AvgIpc) is 2.38. The first kappa shape index (κ1) is 12.3. The molecule has 0 aliphatic heterocycles. The molecule has 2 N–H and O–H groups in total. The molecule has 6 nitrogen and oxygen atoms in total. The third kappa shape index (κ3) is 2.23. The van der Waals surface area contributed by atoms with E-state index in [-0.39, 0.29) is 11.6 Å². The maximum absolute atomic E-state index is 12.0. The summed E-state index contributed by atoms with van der Waals surface area (Å²) in [6, 6.07) is 9.26. The highest BCUT2D eigenvalue weighted by Crippen LogP contribution is 2.07. The van der Waals surface area contributed by atoms with Crippen LogP contribution in [-0.2, 0) is 0 Å². The minimum Gasteiger partial charge on any atom is -0.279 e. The molecule has 0 radical (unpaired) electrons. The lowest BCUT2D eigenvalue weighted by Gasteiger charge is -2.15. The summed E-state index contributed by atoms with van der Waals surface area (Å²) >= 11 is 0. The molecular weight excluding hydrogens is 230 g/mol. The van der Waals surface area contributed by atoms with Gasteiger partial charge >= 0.3 is 5.69 Å². The molecule has 0 saturated carbocycles. The lowest BCUT2D eigenvalue weighted by Crippen LogP contribution is -2.36. The molecular formula is C12H15N5O. The van der Waals surface area contributed by atoms with Crippen molar-refractivity contribution in [3.63, 3.8) is 0 Å². The number of hydrogen-bond donors (Lipinski definition) is 1. The van der Waals surface area contributed by atoms with E-state index in [1.165, 1.54) is 9.58 Å². The maximum atomic E-state index is 12.0. The van der Waals surface area contributed by atoms with Crippen molar-refractivity contribution in [2.45, 2.75) is 13.8 Å². The monoisotopic (exact) mass is 245 g/mol. The van der Waals surface area contributed by atoms with Gasteiger partial charge in [-0.1, -0.05) is 18.2 Å². The van der Waals surface area contributed by atoms with Crippen molar-refractivity contribution in [1.29, 1.82) is 0 Å². The van der Waals surface area contributed by atoms with E-state index < -0.39 is 0 Å². The minimum absolute atomic E-state index is 0.243. The maximum Gasteiger partial charge on any atom is 0.356 e. The van der Waals surface area contributed by atoms with Gasteiger partial charge in [0.15, 0.2) is 0 Å². The topological polar surface area (TPSA) is 77.0 Å². The Kier molecular flexibility index (Phi) is 3.38. The van der Waals surface area contributed by atoms with Crippen molar-refractivity contribution in [1.82, 2.24) is 14.5 Å². The predicted octanol–water partition coefficient (Wildman–Crippen LogP) is 0.636. The molecule has 94 valence electrons. The summed E-state index contributed by atoms with van der Waals surface area (Å²) in [5, 5.41) is 1.34. The molecule has 1 aromatic heterocycles. The average molecular weight is 245 g/mol. The smallest absolute Gasteiger partial charge is 0.279 e. The zero-order valence-electron chi connectivity index (χ0n) is 10.4. The lowest BCUT2D eigenvalue weighted by atomic mass is 10.3. The largest absolute Gasteiger partial charge is 0.356 e. The van der Waals surface area contributed by atoms with Crippen molar-refractivity contribution in [2.24, 2.45) is 5.84 Å². The summed E-state index contributed by atoms with van der Waals surface area (Å²) in [6.45, 7) is 4.15. The molecule has 0 saturated heterocycles. The molecule has 0 spiro atoms. The number of benzene rings is 1. The lowest BCUT2D eigenvalue weighted by molar-refractivity contribution is 0.757. The Morgan fingerprint density at radius 2 is 1.94 bits per heavy atom. The summed E-state index contributed by atoms with van der Waals surface area (Å²) in [7, 11) is 0. The van der Waals surface area contributed by atoms with Crippen molar-refractivity contribution < 1.29 is 0 Å². The van der Waals surface area contributed by atoms with Gasteiger partial charge in [0.25, 0.3) is 0 Å². The zero-order valence-corrected chi connectivity index (χ0v) is 10.4. The predicted molar refractivity (Wildman–Crippen MR) is 69.6 cm³/mol. The standard InChI is InChI=1S/C12H15N5O/c1-3-16(13)11-14-9(2)17(12(18)15-11)10-7-5-4-6-8-10/h4-8H,3,13H2,1-2H3. The molecule has 0 atom stereocenters. The third-order valence-electron chi connectivity index (χ3n) is 2.58. The van der Waals surface area contributed by atoms with Crippen LogP contribution in [0.2, 0.25) is 0 Å². The summed E-state index contributed by atoms with van der Waals surface area (Å²) < 4.78 is 1.45. The second-order valence-corrected chi connectivity index (χ2v) is 3.81. The van der Waals surface area contributed by atoms with Crippen molar-refractivity contribution in [3.8, 4) is 5.69 Å². The number of aromatic nitrogens is 3. The highest BCUT2D eigenvalue weighted by molar-refractivity contribution is 5.34. The van der Waals surface area contributed by atoms with Crippen molar-refractivity contribution in [2.75, 3.05) is 11.6 Å². The zero-order chi connectivity index (χ0) is 13.1. The van der Waals surface area contributed by atoms with Crippen LogP contribution in [0.4, 0.5) is 5.95 Å². The van der Waals surface area contributed by atoms with Crippen LogP contribution in [0.5, 0.6) is 0 Å². The van der Waals surface area contributed by atoms with Gasteiger partial charge in [0, 0.05) is 6.54 Å². The Morgan fingerprint density at radius 1 is 1.28 bits per heavy atom. The first-order valence-electron chi connectivity index (χ1n) is 5.69. The van der Waals surface area contributed by atoms with Crippen LogP contribution in [0.25, 0.3) is 5.69 Å². The number of hydrazine groups is 1. The minimum atomic E-state index is -0.382. The molecule has 1 aromatic carbocycles. The number of anilines is 1. The van der Waals surface area contributed by atoms with Crippen LogP contribution in [0.3, 0.4) is 0 Å². The van der Waals surface area contributed by atoms with Gasteiger partial charge in [-0.05, 0) is 26.0 Å². The number of rotatable bonds is 3. The molecule has 0 bridgehead atoms. The number of hydrogen-bond acceptors (Lipinski definition) is 5. The normalized spacial score (nSPS) is 10.4. The van der Waals surface area contributed by atoms with Crippen molar-refractivity contribution >= 4 is 5.95 Å². The fourth-order valence-electron chi connectivity index (χ4n) is 1.64. The van der Waals surface area contributed by atoms with Gasteiger partial charge in [-0.2, -0.15) is 9.97 Å². The Balaban J connectivity index is 2.55. The van der Waals surface area contributed by atoms with Gasteiger partial charge in [0.05, 0.1) is 5.69 Å². The van der Waals surface area contributed by atoms with Crippen molar-refractivity contribution in [3.05, 3.63) is 46.6 Å². The first-order valence-corrected chi connectivity index (χ1v) is 5.69. The van der Waals surface area contributed by atoms with Gasteiger partial charge in [0.1, 0.15) is 5.82 Å². The molecule has 0 unspecified atom stereocenters. The second kappa shape index (κ2) is 4.97. The molecule has 18 heavy (non-hydrogen) atoms. The SMILES string of the molecule is CCN(N)c1nc(C)n(-c2ccccc2)c(=O)n1. The van der Waals surface area contributed by atoms with Crippen LogP contribution in [0, 0.1) is 6.92 Å². The van der Waals surface area contributed by atoms with Gasteiger partial charge < -0.3 is 0 Å². The molecule has 6 heteroatoms. The van der Waals surface area contributed by atoms with E-state index in [0.29, 0.717) is 12.4 Å². The van der Waals surface area contributed by atoms with Gasteiger partial charge in [0.2, 0.25) is 5.95 Å². The van der Waals surface area contributed by atoms with E-state index in [1.54, 1.807) is 6.92 Å². The fraction of sp³-hybridized carbons (Fsp3) is 0.250. The number of nitrogens with two attached hydrogens (primary N) is 1. The fourth-order valence-corrected chi connectivity index (χ4v) is 1.64. The number of aryl methyl sites for hydroxylation is 1. The Labute approximate surface area is 105 Å².